The van der Waals surface area contributed by atoms with E-state index in [9.17, 15) is 28.8 Å². The van der Waals surface area contributed by atoms with Crippen molar-refractivity contribution < 1.29 is 57.2 Å². The zero-order valence-electron chi connectivity index (χ0n) is 34.3. The molecule has 0 spiro atoms. The predicted octanol–water partition coefficient (Wildman–Crippen LogP) is -0.0855. The van der Waals surface area contributed by atoms with Gasteiger partial charge in [-0.15, -0.1) is 0 Å². The molecule has 7 N–H and O–H groups in total. The maximum absolute atomic E-state index is 12.8. The second kappa shape index (κ2) is 26.3. The Kier molecular flexibility index (Phi) is 25.0. The van der Waals surface area contributed by atoms with Gasteiger partial charge in [0.1, 0.15) is 38.0 Å². The molecule has 55 heavy (non-hydrogen) atoms. The fourth-order valence-electron chi connectivity index (χ4n) is 4.07. The summed E-state index contributed by atoms with van der Waals surface area (Å²) in [5.41, 5.74) is 7.00. The number of alkyl halides is 1. The highest BCUT2D eigenvalue weighted by Crippen LogP contribution is 2.26. The van der Waals surface area contributed by atoms with E-state index in [1.807, 2.05) is 41.6 Å². The Labute approximate surface area is 340 Å². The van der Waals surface area contributed by atoms with E-state index >= 15 is 0 Å². The molecule has 320 valence electrons. The molecule has 0 saturated carbocycles. The van der Waals surface area contributed by atoms with Gasteiger partial charge < -0.3 is 60.7 Å². The van der Waals surface area contributed by atoms with Crippen molar-refractivity contribution in [1.29, 1.82) is 0 Å². The summed E-state index contributed by atoms with van der Waals surface area (Å²) < 4.78 is 33.6. The summed E-state index contributed by atoms with van der Waals surface area (Å²) in [7, 11) is 3.89. The minimum atomic E-state index is -1.40. The van der Waals surface area contributed by atoms with E-state index in [4.69, 9.17) is 39.9 Å². The van der Waals surface area contributed by atoms with Crippen molar-refractivity contribution in [2.75, 3.05) is 104 Å². The van der Waals surface area contributed by atoms with Crippen LogP contribution in [-0.2, 0) is 57.2 Å². The standard InChI is InChI=1S/C36H67IN6O12/c1-33(2,3)30(47)53-23-36(25-55-32(49)35(6,7)39,24-54-31(48)34(4,5)21-38)22-52-20-28(45)40-12-15-50-17-18-51-16-13-41-29(46)26(42-27(44)19-37)11-10-14-43(8)9/h26H,10-25,38-39H2,1-9H3,(H,40,45)(H,41,46)(H,42,44). The number of carbonyl (C=O) groups excluding carboxylic acids is 6. The molecule has 19 heteroatoms. The molecule has 0 fully saturated rings. The van der Waals surface area contributed by atoms with Crippen LogP contribution in [0.1, 0.15) is 61.3 Å². The normalized spacial score (nSPS) is 13.7. The molecule has 2 unspecified atom stereocenters. The van der Waals surface area contributed by atoms with E-state index in [2.05, 4.69) is 16.0 Å². The molecule has 0 aromatic rings. The Balaban J connectivity index is 4.97. The van der Waals surface area contributed by atoms with Crippen molar-refractivity contribution in [3.63, 3.8) is 0 Å². The predicted molar refractivity (Wildman–Crippen MR) is 213 cm³/mol. The molecule has 18 nitrogen and oxygen atoms in total. The molecule has 0 aromatic heterocycles. The number of nitrogens with zero attached hydrogens (tertiary/aromatic N) is 1. The molecule has 0 aliphatic carbocycles. The van der Waals surface area contributed by atoms with Gasteiger partial charge in [0.2, 0.25) is 17.7 Å². The van der Waals surface area contributed by atoms with Crippen LogP contribution in [0.3, 0.4) is 0 Å². The molecule has 0 aliphatic heterocycles. The second-order valence-electron chi connectivity index (χ2n) is 15.8. The van der Waals surface area contributed by atoms with Crippen LogP contribution in [0.25, 0.3) is 0 Å². The van der Waals surface area contributed by atoms with Gasteiger partial charge in [0.05, 0.1) is 53.7 Å². The van der Waals surface area contributed by atoms with E-state index < -0.39 is 64.9 Å². The lowest BCUT2D eigenvalue weighted by molar-refractivity contribution is -0.176. The Bertz CT molecular complexity index is 1180. The Morgan fingerprint density at radius 1 is 0.709 bits per heavy atom. The third-order valence-corrected chi connectivity index (χ3v) is 8.42. The molecule has 0 saturated heterocycles. The zero-order chi connectivity index (χ0) is 42.3. The highest BCUT2D eigenvalue weighted by molar-refractivity contribution is 14.1. The lowest BCUT2D eigenvalue weighted by Gasteiger charge is -2.34. The first-order chi connectivity index (χ1) is 25.5. The molecule has 0 aliphatic rings. The van der Waals surface area contributed by atoms with Crippen LogP contribution in [0.15, 0.2) is 0 Å². The minimum absolute atomic E-state index is 0.00146. The monoisotopic (exact) mass is 902 g/mol. The van der Waals surface area contributed by atoms with Crippen molar-refractivity contribution in [1.82, 2.24) is 20.9 Å². The van der Waals surface area contributed by atoms with Gasteiger partial charge in [-0.25, -0.2) is 0 Å². The van der Waals surface area contributed by atoms with E-state index in [0.717, 1.165) is 13.0 Å². The van der Waals surface area contributed by atoms with Crippen molar-refractivity contribution >= 4 is 58.2 Å². The number of hydrogen-bond acceptors (Lipinski definition) is 15. The largest absolute Gasteiger partial charge is 0.464 e. The van der Waals surface area contributed by atoms with Crippen molar-refractivity contribution in [2.24, 2.45) is 27.7 Å². The first-order valence-corrected chi connectivity index (χ1v) is 19.8. The number of halogens is 1. The average molecular weight is 903 g/mol. The Morgan fingerprint density at radius 2 is 1.24 bits per heavy atom. The molecule has 0 bridgehead atoms. The van der Waals surface area contributed by atoms with Gasteiger partial charge in [0.15, 0.2) is 0 Å². The van der Waals surface area contributed by atoms with Gasteiger partial charge in [-0.1, -0.05) is 22.6 Å². The number of esters is 3. The lowest BCUT2D eigenvalue weighted by Crippen LogP contribution is -2.49. The highest BCUT2D eigenvalue weighted by Gasteiger charge is 2.40. The van der Waals surface area contributed by atoms with E-state index in [1.165, 1.54) is 13.8 Å². The van der Waals surface area contributed by atoms with Gasteiger partial charge in [0, 0.05) is 19.6 Å². The summed E-state index contributed by atoms with van der Waals surface area (Å²) in [6, 6.07) is -0.612. The van der Waals surface area contributed by atoms with Crippen molar-refractivity contribution in [3.8, 4) is 0 Å². The summed E-state index contributed by atoms with van der Waals surface area (Å²) in [5, 5.41) is 8.20. The molecule has 0 radical (unpaired) electrons. The van der Waals surface area contributed by atoms with Gasteiger partial charge in [-0.3, -0.25) is 28.8 Å². The second-order valence-corrected chi connectivity index (χ2v) is 16.6. The van der Waals surface area contributed by atoms with Crippen LogP contribution in [-0.4, -0.2) is 156 Å². The molecule has 3 amide bonds. The smallest absolute Gasteiger partial charge is 0.325 e. The third-order valence-electron chi connectivity index (χ3n) is 7.73. The van der Waals surface area contributed by atoms with E-state index in [1.54, 1.807) is 34.6 Å². The molecule has 2 atom stereocenters. The quantitative estimate of drug-likeness (QED) is 0.0217. The number of carbonyl (C=O) groups is 6. The van der Waals surface area contributed by atoms with Crippen LogP contribution in [0.2, 0.25) is 0 Å². The molecule has 0 heterocycles. The molecular weight excluding hydrogens is 835 g/mol. The van der Waals surface area contributed by atoms with Crippen LogP contribution in [0.5, 0.6) is 0 Å². The molecule has 0 aromatic carbocycles. The van der Waals surface area contributed by atoms with E-state index in [-0.39, 0.29) is 82.1 Å². The minimum Gasteiger partial charge on any atom is -0.464 e. The van der Waals surface area contributed by atoms with Gasteiger partial charge in [0.25, 0.3) is 0 Å². The van der Waals surface area contributed by atoms with Gasteiger partial charge in [-0.2, -0.15) is 0 Å². The van der Waals surface area contributed by atoms with Crippen LogP contribution >= 0.6 is 22.6 Å². The number of rotatable bonds is 29. The number of amides is 3. The maximum atomic E-state index is 12.8. The SMILES string of the molecule is CN(C)CCCC(NC(=O)CI)C(=O)NCCOCCOCCNC(=O)COCC(COC(=O)C(C)(C)C)(COC(=O)C(C)(C)N)COC(=O)C(C)(C)CN. The van der Waals surface area contributed by atoms with E-state index in [0.29, 0.717) is 6.42 Å². The van der Waals surface area contributed by atoms with Crippen LogP contribution in [0, 0.1) is 16.2 Å². The number of nitrogens with one attached hydrogen (secondary N) is 3. The maximum Gasteiger partial charge on any atom is 0.325 e. The van der Waals surface area contributed by atoms with Crippen LogP contribution in [0.4, 0.5) is 0 Å². The summed E-state index contributed by atoms with van der Waals surface area (Å²) >= 11 is 1.95. The summed E-state index contributed by atoms with van der Waals surface area (Å²) in [6.45, 7) is 11.4. The topological polar surface area (TPSA) is 249 Å². The number of nitrogens with two attached hydrogens (primary N) is 2. The van der Waals surface area contributed by atoms with Crippen molar-refractivity contribution in [3.05, 3.63) is 0 Å². The summed E-state index contributed by atoms with van der Waals surface area (Å²) in [4.78, 5) is 77.1. The fourth-order valence-corrected chi connectivity index (χ4v) is 4.29. The Hall–Kier alpha value is -2.69. The van der Waals surface area contributed by atoms with Gasteiger partial charge in [-0.05, 0) is 81.9 Å². The summed E-state index contributed by atoms with van der Waals surface area (Å²) in [6.07, 6.45) is 1.28. The first-order valence-electron chi connectivity index (χ1n) is 18.3. The average Bonchev–Trinajstić information content (AvgIpc) is 3.10. The van der Waals surface area contributed by atoms with Gasteiger partial charge >= 0.3 is 17.9 Å². The fraction of sp³-hybridized carbons (Fsp3) is 0.833. The first kappa shape index (κ1) is 52.3. The van der Waals surface area contributed by atoms with Crippen LogP contribution < -0.4 is 27.4 Å². The summed E-state index contributed by atoms with van der Waals surface area (Å²) in [5.74, 6) is -2.88. The lowest BCUT2D eigenvalue weighted by atomic mass is 9.90. The molecular formula is C36H67IN6O12. The number of ether oxygens (including phenoxy) is 6. The number of hydrogen-bond donors (Lipinski definition) is 5. The third kappa shape index (κ3) is 23.9. The Morgan fingerprint density at radius 3 is 1.73 bits per heavy atom. The molecule has 0 rings (SSSR count). The van der Waals surface area contributed by atoms with Crippen molar-refractivity contribution in [2.45, 2.75) is 72.9 Å². The highest BCUT2D eigenvalue weighted by atomic mass is 127. The zero-order valence-corrected chi connectivity index (χ0v) is 36.4.